The predicted octanol–water partition coefficient (Wildman–Crippen LogP) is 4.71. The Labute approximate surface area is 167 Å². The molecule has 0 bridgehead atoms. The fraction of sp³-hybridized carbons (Fsp3) is 0.0833. The van der Waals surface area contributed by atoms with Gasteiger partial charge in [-0.1, -0.05) is 54.6 Å². The van der Waals surface area contributed by atoms with Crippen molar-refractivity contribution in [3.8, 4) is 0 Å². The number of carbonyl (C=O) groups is 1. The number of para-hydroxylation sites is 2. The number of nitrogens with one attached hydrogen (secondary N) is 3. The first kappa shape index (κ1) is 17.3. The molecule has 1 amide bonds. The minimum Gasteiger partial charge on any atom is -0.381 e. The van der Waals surface area contributed by atoms with Crippen molar-refractivity contribution in [3.05, 3.63) is 84.4 Å². The number of hydrogen-bond acceptors (Lipinski definition) is 3. The molecule has 2 aromatic heterocycles. The summed E-state index contributed by atoms with van der Waals surface area (Å²) in [6, 6.07) is 25.6. The molecule has 0 aliphatic heterocycles. The average molecular weight is 380 g/mol. The zero-order valence-corrected chi connectivity index (χ0v) is 15.8. The van der Waals surface area contributed by atoms with E-state index in [1.54, 1.807) is 0 Å². The third-order valence-corrected chi connectivity index (χ3v) is 5.08. The highest BCUT2D eigenvalue weighted by Crippen LogP contribution is 2.34. The lowest BCUT2D eigenvalue weighted by molar-refractivity contribution is 0.0955. The summed E-state index contributed by atoms with van der Waals surface area (Å²) in [5.74, 6) is -0.0669. The van der Waals surface area contributed by atoms with E-state index in [1.807, 2.05) is 60.7 Å². The Kier molecular flexibility index (Phi) is 4.33. The highest BCUT2D eigenvalue weighted by molar-refractivity contribution is 6.15. The highest BCUT2D eigenvalue weighted by Gasteiger charge is 2.13. The molecule has 3 aromatic carbocycles. The number of carbonyl (C=O) groups excluding carboxylic acids is 1. The number of benzene rings is 3. The van der Waals surface area contributed by atoms with Crippen molar-refractivity contribution in [1.82, 2.24) is 15.3 Å². The smallest absolute Gasteiger partial charge is 0.251 e. The minimum atomic E-state index is -0.0669. The van der Waals surface area contributed by atoms with E-state index in [4.69, 9.17) is 4.98 Å². The monoisotopic (exact) mass is 380 g/mol. The molecule has 3 N–H and O–H groups in total. The number of H-pyrrole nitrogens is 1. The lowest BCUT2D eigenvalue weighted by Crippen LogP contribution is -2.28. The Hall–Kier alpha value is -3.86. The summed E-state index contributed by atoms with van der Waals surface area (Å²) >= 11 is 0. The quantitative estimate of drug-likeness (QED) is 0.387. The third kappa shape index (κ3) is 3.17. The molecule has 0 radical (unpaired) electrons. The van der Waals surface area contributed by atoms with Crippen LogP contribution in [0.3, 0.4) is 0 Å². The van der Waals surface area contributed by atoms with Gasteiger partial charge in [-0.05, 0) is 24.3 Å². The van der Waals surface area contributed by atoms with Gasteiger partial charge in [0, 0.05) is 34.9 Å². The number of hydrogen-bond donors (Lipinski definition) is 3. The molecule has 0 spiro atoms. The number of aromatic nitrogens is 2. The molecule has 0 saturated heterocycles. The Bertz CT molecular complexity index is 1320. The summed E-state index contributed by atoms with van der Waals surface area (Å²) in [5, 5.41) is 8.64. The van der Waals surface area contributed by atoms with Gasteiger partial charge in [-0.3, -0.25) is 4.79 Å². The molecule has 0 saturated carbocycles. The maximum atomic E-state index is 12.2. The van der Waals surface area contributed by atoms with Crippen LogP contribution in [0.5, 0.6) is 0 Å². The number of pyridine rings is 1. The van der Waals surface area contributed by atoms with Crippen molar-refractivity contribution in [2.45, 2.75) is 0 Å². The molecule has 5 aromatic rings. The van der Waals surface area contributed by atoms with Crippen LogP contribution < -0.4 is 10.6 Å². The molecule has 0 unspecified atom stereocenters. The van der Waals surface area contributed by atoms with Crippen molar-refractivity contribution in [2.75, 3.05) is 18.4 Å². The Morgan fingerprint density at radius 2 is 1.55 bits per heavy atom. The van der Waals surface area contributed by atoms with Gasteiger partial charge in [0.15, 0.2) is 0 Å². The third-order valence-electron chi connectivity index (χ3n) is 5.08. The second-order valence-corrected chi connectivity index (χ2v) is 6.95. The van der Waals surface area contributed by atoms with E-state index in [-0.39, 0.29) is 5.91 Å². The van der Waals surface area contributed by atoms with Crippen LogP contribution in [0.4, 0.5) is 5.69 Å². The summed E-state index contributed by atoms with van der Waals surface area (Å²) in [6.07, 6.45) is 0. The zero-order chi connectivity index (χ0) is 19.6. The number of anilines is 1. The lowest BCUT2D eigenvalue weighted by atomic mass is 10.1. The Morgan fingerprint density at radius 3 is 2.41 bits per heavy atom. The lowest BCUT2D eigenvalue weighted by Gasteiger charge is -2.12. The van der Waals surface area contributed by atoms with E-state index >= 15 is 0 Å². The molecule has 0 fully saturated rings. The first-order valence-corrected chi connectivity index (χ1v) is 9.67. The molecule has 0 aliphatic rings. The molecule has 5 heteroatoms. The van der Waals surface area contributed by atoms with Gasteiger partial charge < -0.3 is 15.6 Å². The minimum absolute atomic E-state index is 0.0669. The van der Waals surface area contributed by atoms with E-state index < -0.39 is 0 Å². The van der Waals surface area contributed by atoms with Gasteiger partial charge in [0.2, 0.25) is 0 Å². The molecule has 5 rings (SSSR count). The van der Waals surface area contributed by atoms with E-state index in [2.05, 4.69) is 33.8 Å². The first-order chi connectivity index (χ1) is 14.3. The zero-order valence-electron chi connectivity index (χ0n) is 15.8. The van der Waals surface area contributed by atoms with Crippen LogP contribution in [0, 0.1) is 0 Å². The van der Waals surface area contributed by atoms with Gasteiger partial charge in [-0.25, -0.2) is 4.98 Å². The molecule has 5 nitrogen and oxygen atoms in total. The standard InChI is InChI=1S/C24H20N4O/c29-24(16-8-2-1-3-9-16)26-15-14-25-21-17-10-4-6-12-19(17)27-22-18-11-5-7-13-20(18)28-23(21)22/h1-13,28H,14-15H2,(H,25,27)(H,26,29). The SMILES string of the molecule is O=C(NCCNc1c2ccccc2nc2c1[nH]c1ccccc12)c1ccccc1. The van der Waals surface area contributed by atoms with Crippen molar-refractivity contribution in [3.63, 3.8) is 0 Å². The summed E-state index contributed by atoms with van der Waals surface area (Å²) in [7, 11) is 0. The van der Waals surface area contributed by atoms with Crippen LogP contribution in [0.1, 0.15) is 10.4 Å². The van der Waals surface area contributed by atoms with Crippen LogP contribution in [0.2, 0.25) is 0 Å². The molecule has 142 valence electrons. The largest absolute Gasteiger partial charge is 0.381 e. The van der Waals surface area contributed by atoms with Gasteiger partial charge in [0.1, 0.15) is 0 Å². The Morgan fingerprint density at radius 1 is 0.828 bits per heavy atom. The molecule has 0 aliphatic carbocycles. The number of rotatable bonds is 5. The topological polar surface area (TPSA) is 69.8 Å². The molecular formula is C24H20N4O. The van der Waals surface area contributed by atoms with Gasteiger partial charge in [-0.2, -0.15) is 0 Å². The van der Waals surface area contributed by atoms with Crippen molar-refractivity contribution in [1.29, 1.82) is 0 Å². The van der Waals surface area contributed by atoms with Gasteiger partial charge in [0.25, 0.3) is 5.91 Å². The number of amides is 1. The fourth-order valence-corrected chi connectivity index (χ4v) is 3.70. The van der Waals surface area contributed by atoms with Crippen LogP contribution >= 0.6 is 0 Å². The van der Waals surface area contributed by atoms with E-state index in [1.165, 1.54) is 0 Å². The summed E-state index contributed by atoms with van der Waals surface area (Å²) < 4.78 is 0. The first-order valence-electron chi connectivity index (χ1n) is 9.67. The second kappa shape index (κ2) is 7.28. The van der Waals surface area contributed by atoms with E-state index in [0.717, 1.165) is 38.5 Å². The normalized spacial score (nSPS) is 11.2. The number of aromatic amines is 1. The van der Waals surface area contributed by atoms with Crippen molar-refractivity contribution in [2.24, 2.45) is 0 Å². The van der Waals surface area contributed by atoms with E-state index in [9.17, 15) is 4.79 Å². The Balaban J connectivity index is 1.44. The fourth-order valence-electron chi connectivity index (χ4n) is 3.70. The van der Waals surface area contributed by atoms with Gasteiger partial charge in [0.05, 0.1) is 22.2 Å². The molecule has 2 heterocycles. The van der Waals surface area contributed by atoms with Crippen LogP contribution in [0.25, 0.3) is 32.8 Å². The van der Waals surface area contributed by atoms with Gasteiger partial charge >= 0.3 is 0 Å². The number of fused-ring (bicyclic) bond motifs is 4. The summed E-state index contributed by atoms with van der Waals surface area (Å²) in [6.45, 7) is 1.13. The van der Waals surface area contributed by atoms with Crippen LogP contribution in [0.15, 0.2) is 78.9 Å². The average Bonchev–Trinajstić information content (AvgIpc) is 3.15. The van der Waals surface area contributed by atoms with Crippen molar-refractivity contribution >= 4 is 44.4 Å². The van der Waals surface area contributed by atoms with Crippen LogP contribution in [-0.4, -0.2) is 29.0 Å². The van der Waals surface area contributed by atoms with E-state index in [0.29, 0.717) is 18.7 Å². The summed E-state index contributed by atoms with van der Waals surface area (Å²) in [5.41, 5.74) is 5.62. The maximum Gasteiger partial charge on any atom is 0.251 e. The second-order valence-electron chi connectivity index (χ2n) is 6.95. The number of nitrogens with zero attached hydrogens (tertiary/aromatic N) is 1. The molecular weight excluding hydrogens is 360 g/mol. The highest BCUT2D eigenvalue weighted by atomic mass is 16.1. The van der Waals surface area contributed by atoms with Crippen LogP contribution in [-0.2, 0) is 0 Å². The summed E-state index contributed by atoms with van der Waals surface area (Å²) in [4.78, 5) is 20.6. The van der Waals surface area contributed by atoms with Crippen molar-refractivity contribution < 1.29 is 4.79 Å². The molecule has 0 atom stereocenters. The van der Waals surface area contributed by atoms with Gasteiger partial charge in [-0.15, -0.1) is 0 Å². The molecule has 29 heavy (non-hydrogen) atoms. The predicted molar refractivity (Wildman–Crippen MR) is 118 cm³/mol. The maximum absolute atomic E-state index is 12.2.